The summed E-state index contributed by atoms with van der Waals surface area (Å²) in [5, 5.41) is 18.4. The number of anilines is 2. The summed E-state index contributed by atoms with van der Waals surface area (Å²) in [5.74, 6) is 0.465. The Kier molecular flexibility index (Phi) is 6.29. The van der Waals surface area contributed by atoms with Gasteiger partial charge in [-0.3, -0.25) is 14.8 Å². The molecule has 1 amide bonds. The second kappa shape index (κ2) is 9.44. The summed E-state index contributed by atoms with van der Waals surface area (Å²) in [4.78, 5) is 20.0. The third kappa shape index (κ3) is 4.84. The van der Waals surface area contributed by atoms with E-state index in [4.69, 9.17) is 15.5 Å². The highest BCUT2D eigenvalue weighted by Crippen LogP contribution is 2.41. The molecule has 2 aromatic heterocycles. The molecule has 1 aromatic carbocycles. The smallest absolute Gasteiger partial charge is 0.256 e. The number of sulfonamides is 1. The van der Waals surface area contributed by atoms with E-state index in [2.05, 4.69) is 15.1 Å². The van der Waals surface area contributed by atoms with Gasteiger partial charge in [-0.05, 0) is 62.3 Å². The minimum atomic E-state index is -3.65. The van der Waals surface area contributed by atoms with Gasteiger partial charge in [0.25, 0.3) is 5.91 Å². The molecule has 13 heteroatoms. The van der Waals surface area contributed by atoms with E-state index in [-0.39, 0.29) is 35.6 Å². The molecule has 208 valence electrons. The SMILES string of the molecule is COC1CC(NC(O)c2c(N)nn3ccc(-c4cc5c(c(NS(C)(=O)=O)c4)C(=O)N([C@@H](C)C4CC4)C5)nc23)C1. The number of nitrogens with zero attached hydrogens (tertiary/aromatic N) is 4. The number of carbonyl (C=O) groups is 1. The van der Waals surface area contributed by atoms with Crippen molar-refractivity contribution in [3.05, 3.63) is 41.1 Å². The maximum atomic E-state index is 13.4. The van der Waals surface area contributed by atoms with Crippen LogP contribution in [0.2, 0.25) is 0 Å². The van der Waals surface area contributed by atoms with Crippen molar-refractivity contribution in [2.75, 3.05) is 23.8 Å². The summed E-state index contributed by atoms with van der Waals surface area (Å²) in [7, 11) is -1.98. The van der Waals surface area contributed by atoms with E-state index >= 15 is 0 Å². The lowest BCUT2D eigenvalue weighted by atomic mass is 9.89. The molecular weight excluding hydrogens is 522 g/mol. The molecule has 0 radical (unpaired) electrons. The van der Waals surface area contributed by atoms with E-state index in [0.717, 1.165) is 37.5 Å². The molecule has 3 heterocycles. The second-order valence-electron chi connectivity index (χ2n) is 10.9. The van der Waals surface area contributed by atoms with Gasteiger partial charge in [-0.1, -0.05) is 0 Å². The largest absolute Gasteiger partial charge is 0.382 e. The van der Waals surface area contributed by atoms with Crippen molar-refractivity contribution in [1.29, 1.82) is 0 Å². The average Bonchev–Trinajstić information content (AvgIpc) is 3.56. The molecule has 12 nitrogen and oxygen atoms in total. The van der Waals surface area contributed by atoms with Crippen molar-refractivity contribution in [3.8, 4) is 11.3 Å². The molecule has 0 saturated heterocycles. The van der Waals surface area contributed by atoms with Gasteiger partial charge < -0.3 is 20.5 Å². The Morgan fingerprint density at radius 2 is 2.00 bits per heavy atom. The number of aliphatic hydroxyl groups excluding tert-OH is 1. The van der Waals surface area contributed by atoms with E-state index in [0.29, 0.717) is 40.5 Å². The normalized spacial score (nSPS) is 22.6. The van der Waals surface area contributed by atoms with Crippen molar-refractivity contribution in [1.82, 2.24) is 24.8 Å². The van der Waals surface area contributed by atoms with Crippen LogP contribution in [0.25, 0.3) is 16.9 Å². The number of nitrogens with two attached hydrogens (primary N) is 1. The highest BCUT2D eigenvalue weighted by atomic mass is 32.2. The van der Waals surface area contributed by atoms with Crippen LogP contribution in [0.1, 0.15) is 60.3 Å². The minimum absolute atomic E-state index is 0.0788. The Balaban J connectivity index is 1.37. The molecule has 0 bridgehead atoms. The second-order valence-corrected chi connectivity index (χ2v) is 12.7. The number of carbonyl (C=O) groups excluding carboxylic acids is 1. The fraction of sp³-hybridized carbons (Fsp3) is 0.500. The summed E-state index contributed by atoms with van der Waals surface area (Å²) in [6.07, 6.45) is 5.60. The van der Waals surface area contributed by atoms with Crippen LogP contribution in [0.5, 0.6) is 0 Å². The van der Waals surface area contributed by atoms with E-state index in [1.54, 1.807) is 25.4 Å². The summed E-state index contributed by atoms with van der Waals surface area (Å²) < 4.78 is 33.8. The summed E-state index contributed by atoms with van der Waals surface area (Å²) in [6.45, 7) is 2.45. The minimum Gasteiger partial charge on any atom is -0.382 e. The fourth-order valence-corrected chi connectivity index (χ4v) is 6.22. The van der Waals surface area contributed by atoms with E-state index in [1.165, 1.54) is 4.52 Å². The van der Waals surface area contributed by atoms with Gasteiger partial charge in [0.2, 0.25) is 10.0 Å². The van der Waals surface area contributed by atoms with Crippen LogP contribution >= 0.6 is 0 Å². The Hall–Kier alpha value is -3.26. The standard InChI is InChI=1S/C26H33N7O5S/c1-13(14-4-5-14)32-12-16-8-15(9-20(21(16)26(32)35)31-39(3,36)37)19-6-7-33-24(29-19)22(23(27)30-33)25(34)28-17-10-18(11-17)38-2/h6-9,13-14,17-18,25,28,31,34H,4-5,10-12H2,1-3H3,(H2,27,30)/t13-,17?,18?,25?/m0/s1. The maximum Gasteiger partial charge on any atom is 0.256 e. The van der Waals surface area contributed by atoms with Crippen LogP contribution in [-0.4, -0.2) is 70.5 Å². The van der Waals surface area contributed by atoms with Gasteiger partial charge in [0.05, 0.1) is 34.9 Å². The fourth-order valence-electron chi connectivity index (χ4n) is 5.66. The number of methoxy groups -OCH3 is 1. The maximum absolute atomic E-state index is 13.4. The molecule has 5 N–H and O–H groups in total. The monoisotopic (exact) mass is 555 g/mol. The quantitative estimate of drug-likeness (QED) is 0.289. The van der Waals surface area contributed by atoms with Crippen LogP contribution in [-0.2, 0) is 21.3 Å². The number of amides is 1. The Morgan fingerprint density at radius 1 is 1.26 bits per heavy atom. The number of ether oxygens (including phenoxy) is 1. The Bertz CT molecular complexity index is 1560. The van der Waals surface area contributed by atoms with Crippen LogP contribution in [0, 0.1) is 5.92 Å². The lowest BCUT2D eigenvalue weighted by Gasteiger charge is -2.36. The average molecular weight is 556 g/mol. The number of hydrogen-bond donors (Lipinski definition) is 4. The van der Waals surface area contributed by atoms with Gasteiger partial charge in [0.1, 0.15) is 6.23 Å². The molecule has 1 unspecified atom stereocenters. The van der Waals surface area contributed by atoms with Crippen LogP contribution < -0.4 is 15.8 Å². The topological polar surface area (TPSA) is 164 Å². The van der Waals surface area contributed by atoms with Gasteiger partial charge >= 0.3 is 0 Å². The van der Waals surface area contributed by atoms with E-state index in [9.17, 15) is 18.3 Å². The number of nitrogen functional groups attached to an aromatic ring is 1. The first-order chi connectivity index (χ1) is 18.5. The summed E-state index contributed by atoms with van der Waals surface area (Å²) in [6, 6.07) is 5.42. The predicted octanol–water partition coefficient (Wildman–Crippen LogP) is 1.86. The van der Waals surface area contributed by atoms with Crippen LogP contribution in [0.3, 0.4) is 0 Å². The Labute approximate surface area is 226 Å². The molecule has 2 aliphatic carbocycles. The molecule has 2 saturated carbocycles. The summed E-state index contributed by atoms with van der Waals surface area (Å²) >= 11 is 0. The molecule has 3 aliphatic rings. The molecule has 0 spiro atoms. The third-order valence-corrected chi connectivity index (χ3v) is 8.66. The number of fused-ring (bicyclic) bond motifs is 2. The first-order valence-electron chi connectivity index (χ1n) is 13.1. The predicted molar refractivity (Wildman–Crippen MR) is 145 cm³/mol. The van der Waals surface area contributed by atoms with Gasteiger partial charge in [0.15, 0.2) is 11.5 Å². The molecule has 1 aliphatic heterocycles. The van der Waals surface area contributed by atoms with Crippen molar-refractivity contribution >= 4 is 33.1 Å². The number of aromatic nitrogens is 3. The lowest BCUT2D eigenvalue weighted by Crippen LogP contribution is -2.46. The van der Waals surface area contributed by atoms with Crippen LogP contribution in [0.4, 0.5) is 11.5 Å². The first kappa shape index (κ1) is 26.0. The zero-order valence-electron chi connectivity index (χ0n) is 22.1. The number of benzene rings is 1. The number of nitrogens with one attached hydrogen (secondary N) is 2. The number of rotatable bonds is 9. The summed E-state index contributed by atoms with van der Waals surface area (Å²) in [5.41, 5.74) is 9.43. The highest BCUT2D eigenvalue weighted by Gasteiger charge is 2.40. The molecular formula is C26H33N7O5S. The van der Waals surface area contributed by atoms with Crippen LogP contribution in [0.15, 0.2) is 24.4 Å². The lowest BCUT2D eigenvalue weighted by molar-refractivity contribution is -0.00351. The van der Waals surface area contributed by atoms with Crippen molar-refractivity contribution < 1.29 is 23.1 Å². The zero-order valence-corrected chi connectivity index (χ0v) is 22.9. The van der Waals surface area contributed by atoms with Gasteiger partial charge in [-0.25, -0.2) is 17.9 Å². The van der Waals surface area contributed by atoms with Crippen molar-refractivity contribution in [3.63, 3.8) is 0 Å². The third-order valence-electron chi connectivity index (χ3n) is 8.07. The highest BCUT2D eigenvalue weighted by molar-refractivity contribution is 7.92. The first-order valence-corrected chi connectivity index (χ1v) is 15.0. The van der Waals surface area contributed by atoms with Gasteiger partial charge in [0, 0.05) is 37.5 Å². The van der Waals surface area contributed by atoms with E-state index in [1.807, 2.05) is 17.9 Å². The Morgan fingerprint density at radius 3 is 2.67 bits per heavy atom. The molecule has 3 aromatic rings. The van der Waals surface area contributed by atoms with Gasteiger partial charge in [-0.2, -0.15) is 0 Å². The number of aliphatic hydroxyl groups is 1. The molecule has 2 fully saturated rings. The van der Waals surface area contributed by atoms with E-state index < -0.39 is 16.3 Å². The zero-order chi connectivity index (χ0) is 27.6. The van der Waals surface area contributed by atoms with Gasteiger partial charge in [-0.15, -0.1) is 5.10 Å². The molecule has 39 heavy (non-hydrogen) atoms. The molecule has 2 atom stereocenters. The van der Waals surface area contributed by atoms with Crippen molar-refractivity contribution in [2.24, 2.45) is 5.92 Å². The number of hydrogen-bond acceptors (Lipinski definition) is 9. The van der Waals surface area contributed by atoms with Crippen molar-refractivity contribution in [2.45, 2.75) is 63.6 Å². The molecule has 6 rings (SSSR count).